The normalized spacial score (nSPS) is 22.8. The van der Waals surface area contributed by atoms with Crippen LogP contribution < -0.4 is 10.6 Å². The van der Waals surface area contributed by atoms with Gasteiger partial charge in [-0.1, -0.05) is 19.4 Å². The fourth-order valence-electron chi connectivity index (χ4n) is 2.29. The first kappa shape index (κ1) is 11.2. The van der Waals surface area contributed by atoms with Gasteiger partial charge in [-0.25, -0.2) is 0 Å². The molecule has 15 heavy (non-hydrogen) atoms. The molecule has 0 bridgehead atoms. The van der Waals surface area contributed by atoms with Gasteiger partial charge in [-0.2, -0.15) is 0 Å². The van der Waals surface area contributed by atoms with Crippen LogP contribution in [0.4, 0.5) is 0 Å². The van der Waals surface area contributed by atoms with Crippen LogP contribution in [0.2, 0.25) is 0 Å². The number of rotatable bonds is 5. The number of hydrogen-bond donors (Lipinski definition) is 2. The molecule has 0 aromatic rings. The van der Waals surface area contributed by atoms with Crippen LogP contribution in [0.25, 0.3) is 0 Å². The highest BCUT2D eigenvalue weighted by molar-refractivity contribution is 5.22. The highest BCUT2D eigenvalue weighted by atomic mass is 14.9. The average Bonchev–Trinajstić information content (AvgIpc) is 2.82. The molecule has 0 unspecified atom stereocenters. The van der Waals surface area contributed by atoms with E-state index in [0.29, 0.717) is 5.41 Å². The Morgan fingerprint density at radius 2 is 2.07 bits per heavy atom. The van der Waals surface area contributed by atoms with Crippen LogP contribution in [0.1, 0.15) is 33.6 Å². The monoisotopic (exact) mass is 208 g/mol. The van der Waals surface area contributed by atoms with E-state index in [-0.39, 0.29) is 0 Å². The summed E-state index contributed by atoms with van der Waals surface area (Å²) in [5.74, 6) is 0.836. The van der Waals surface area contributed by atoms with Crippen molar-refractivity contribution in [3.8, 4) is 0 Å². The molecular weight excluding hydrogens is 184 g/mol. The van der Waals surface area contributed by atoms with E-state index in [9.17, 15) is 0 Å². The summed E-state index contributed by atoms with van der Waals surface area (Å²) in [5.41, 5.74) is 3.80. The predicted octanol–water partition coefficient (Wildman–Crippen LogP) is 1.93. The summed E-state index contributed by atoms with van der Waals surface area (Å²) in [5, 5.41) is 6.93. The second-order valence-electron chi connectivity index (χ2n) is 5.61. The standard InChI is InChI=1S/C13H24N2/c1-10(2)13(4-5-13)9-15-6-11(3)12-7-14-8-12/h10,14-15H,4-9H2,1-3H3. The van der Waals surface area contributed by atoms with E-state index in [2.05, 4.69) is 31.4 Å². The lowest BCUT2D eigenvalue weighted by Gasteiger charge is -2.24. The van der Waals surface area contributed by atoms with Crippen molar-refractivity contribution in [3.05, 3.63) is 11.1 Å². The summed E-state index contributed by atoms with van der Waals surface area (Å²) < 4.78 is 0. The van der Waals surface area contributed by atoms with E-state index in [1.165, 1.54) is 19.4 Å². The second kappa shape index (κ2) is 4.26. The maximum atomic E-state index is 3.63. The molecule has 2 fully saturated rings. The van der Waals surface area contributed by atoms with E-state index in [4.69, 9.17) is 0 Å². The van der Waals surface area contributed by atoms with Crippen molar-refractivity contribution in [2.24, 2.45) is 11.3 Å². The van der Waals surface area contributed by atoms with Crippen molar-refractivity contribution < 1.29 is 0 Å². The van der Waals surface area contributed by atoms with Crippen LogP contribution in [0.3, 0.4) is 0 Å². The van der Waals surface area contributed by atoms with E-state index in [0.717, 1.165) is 25.6 Å². The zero-order chi connectivity index (χ0) is 10.9. The molecule has 1 aliphatic carbocycles. The minimum atomic E-state index is 0.642. The molecule has 0 radical (unpaired) electrons. The Balaban J connectivity index is 1.71. The molecule has 1 aliphatic heterocycles. The van der Waals surface area contributed by atoms with Gasteiger partial charge in [0.25, 0.3) is 0 Å². The van der Waals surface area contributed by atoms with Crippen molar-refractivity contribution in [2.45, 2.75) is 33.6 Å². The Morgan fingerprint density at radius 3 is 2.47 bits per heavy atom. The average molecular weight is 208 g/mol. The van der Waals surface area contributed by atoms with Crippen LogP contribution in [0, 0.1) is 11.3 Å². The quantitative estimate of drug-likeness (QED) is 0.675. The van der Waals surface area contributed by atoms with E-state index in [1.54, 1.807) is 11.1 Å². The van der Waals surface area contributed by atoms with Gasteiger partial charge in [-0.3, -0.25) is 0 Å². The molecule has 0 aromatic carbocycles. The van der Waals surface area contributed by atoms with Gasteiger partial charge in [-0.05, 0) is 36.7 Å². The largest absolute Gasteiger partial charge is 0.312 e. The molecule has 2 N–H and O–H groups in total. The highest BCUT2D eigenvalue weighted by Crippen LogP contribution is 2.51. The third kappa shape index (κ3) is 2.43. The Labute approximate surface area is 93.5 Å². The van der Waals surface area contributed by atoms with Gasteiger partial charge in [-0.15, -0.1) is 0 Å². The number of hydrogen-bond acceptors (Lipinski definition) is 2. The smallest absolute Gasteiger partial charge is 0.0183 e. The van der Waals surface area contributed by atoms with Gasteiger partial charge in [0.15, 0.2) is 0 Å². The Morgan fingerprint density at radius 1 is 1.40 bits per heavy atom. The second-order valence-corrected chi connectivity index (χ2v) is 5.61. The summed E-state index contributed by atoms with van der Waals surface area (Å²) in [6.07, 6.45) is 2.85. The van der Waals surface area contributed by atoms with Crippen LogP contribution in [0.15, 0.2) is 11.1 Å². The van der Waals surface area contributed by atoms with Crippen LogP contribution >= 0.6 is 0 Å². The summed E-state index contributed by atoms with van der Waals surface area (Å²) in [6.45, 7) is 11.5. The molecule has 0 amide bonds. The molecule has 0 spiro atoms. The molecule has 0 aromatic heterocycles. The molecular formula is C13H24N2. The van der Waals surface area contributed by atoms with Crippen molar-refractivity contribution in [1.82, 2.24) is 10.6 Å². The van der Waals surface area contributed by atoms with Crippen LogP contribution in [-0.4, -0.2) is 26.2 Å². The maximum absolute atomic E-state index is 3.63. The van der Waals surface area contributed by atoms with Gasteiger partial charge in [0.2, 0.25) is 0 Å². The minimum absolute atomic E-state index is 0.642. The van der Waals surface area contributed by atoms with Crippen LogP contribution in [-0.2, 0) is 0 Å². The third-order valence-corrected chi connectivity index (χ3v) is 4.26. The van der Waals surface area contributed by atoms with Crippen LogP contribution in [0.5, 0.6) is 0 Å². The predicted molar refractivity (Wildman–Crippen MR) is 64.9 cm³/mol. The van der Waals surface area contributed by atoms with E-state index < -0.39 is 0 Å². The molecule has 1 heterocycles. The molecule has 0 atom stereocenters. The summed E-state index contributed by atoms with van der Waals surface area (Å²) in [6, 6.07) is 0. The third-order valence-electron chi connectivity index (χ3n) is 4.26. The van der Waals surface area contributed by atoms with E-state index >= 15 is 0 Å². The van der Waals surface area contributed by atoms with Gasteiger partial charge in [0, 0.05) is 26.2 Å². The maximum Gasteiger partial charge on any atom is 0.0183 e. The summed E-state index contributed by atoms with van der Waals surface area (Å²) >= 11 is 0. The lowest BCUT2D eigenvalue weighted by molar-refractivity contribution is 0.342. The first-order chi connectivity index (χ1) is 7.14. The molecule has 86 valence electrons. The van der Waals surface area contributed by atoms with Gasteiger partial charge in [0.05, 0.1) is 0 Å². The van der Waals surface area contributed by atoms with Crippen molar-refractivity contribution in [1.29, 1.82) is 0 Å². The summed E-state index contributed by atoms with van der Waals surface area (Å²) in [7, 11) is 0. The zero-order valence-electron chi connectivity index (χ0n) is 10.3. The first-order valence-electron chi connectivity index (χ1n) is 6.23. The van der Waals surface area contributed by atoms with Crippen molar-refractivity contribution in [3.63, 3.8) is 0 Å². The Kier molecular flexibility index (Phi) is 3.17. The fourth-order valence-corrected chi connectivity index (χ4v) is 2.29. The lowest BCUT2D eigenvalue weighted by Crippen LogP contribution is -2.37. The zero-order valence-corrected chi connectivity index (χ0v) is 10.3. The topological polar surface area (TPSA) is 24.1 Å². The molecule has 2 rings (SSSR count). The van der Waals surface area contributed by atoms with E-state index in [1.807, 2.05) is 0 Å². The summed E-state index contributed by atoms with van der Waals surface area (Å²) in [4.78, 5) is 0. The van der Waals surface area contributed by atoms with Gasteiger partial charge >= 0.3 is 0 Å². The molecule has 2 heteroatoms. The lowest BCUT2D eigenvalue weighted by atomic mass is 9.92. The minimum Gasteiger partial charge on any atom is -0.312 e. The molecule has 1 saturated heterocycles. The van der Waals surface area contributed by atoms with Crippen molar-refractivity contribution >= 4 is 0 Å². The molecule has 2 aliphatic rings. The Bertz CT molecular complexity index is 256. The molecule has 2 nitrogen and oxygen atoms in total. The SMILES string of the molecule is CC(CNCC1(C(C)C)CC1)=C1CNC1. The van der Waals surface area contributed by atoms with Crippen molar-refractivity contribution in [2.75, 3.05) is 26.2 Å². The number of nitrogens with one attached hydrogen (secondary N) is 2. The first-order valence-corrected chi connectivity index (χ1v) is 6.23. The molecule has 1 saturated carbocycles. The Hall–Kier alpha value is -0.340. The highest BCUT2D eigenvalue weighted by Gasteiger charge is 2.44. The van der Waals surface area contributed by atoms with Gasteiger partial charge in [0.1, 0.15) is 0 Å². The van der Waals surface area contributed by atoms with Gasteiger partial charge < -0.3 is 10.6 Å². The fraction of sp³-hybridized carbons (Fsp3) is 0.846.